The van der Waals surface area contributed by atoms with Gasteiger partial charge in [-0.3, -0.25) is 5.43 Å². The van der Waals surface area contributed by atoms with Crippen LogP contribution in [0.15, 0.2) is 158 Å². The Morgan fingerprint density at radius 2 is 1.01 bits per heavy atom. The minimum atomic E-state index is -0.839. The van der Waals surface area contributed by atoms with E-state index in [0.29, 0.717) is 49.0 Å². The maximum absolute atomic E-state index is 14.1. The average Bonchev–Trinajstić information content (AvgIpc) is 3.39. The van der Waals surface area contributed by atoms with Crippen LogP contribution in [0, 0.1) is 0 Å². The van der Waals surface area contributed by atoms with E-state index in [4.69, 9.17) is 33.2 Å². The number of ether oxygens (including phenoxy) is 7. The molecule has 0 heterocycles. The number of hydrogen-bond acceptors (Lipinski definition) is 14. The second-order valence-corrected chi connectivity index (χ2v) is 16.1. The molecule has 0 atom stereocenters. The lowest BCUT2D eigenvalue weighted by Crippen LogP contribution is -2.16. The van der Waals surface area contributed by atoms with Crippen LogP contribution < -0.4 is 29.1 Å². The van der Waals surface area contributed by atoms with Gasteiger partial charge in [0.2, 0.25) is 0 Å². The van der Waals surface area contributed by atoms with E-state index in [1.54, 1.807) is 72.8 Å². The number of hydrogen-bond donors (Lipinski definition) is 1. The number of esters is 5. The quantitative estimate of drug-likeness (QED) is 0.0129. The molecule has 71 heavy (non-hydrogen) atoms. The zero-order valence-electron chi connectivity index (χ0n) is 39.7. The Kier molecular flexibility index (Phi) is 19.6. The van der Waals surface area contributed by atoms with Gasteiger partial charge in [-0.05, 0) is 130 Å². The minimum absolute atomic E-state index is 0.00286. The number of benzene rings is 6. The Morgan fingerprint density at radius 3 is 1.54 bits per heavy atom. The number of nitrogens with zero attached hydrogens (tertiary/aromatic N) is 1. The molecule has 0 saturated heterocycles. The van der Waals surface area contributed by atoms with Crippen molar-refractivity contribution >= 4 is 63.3 Å². The molecule has 1 N–H and O–H groups in total. The molecular weight excluding hydrogens is 905 g/mol. The lowest BCUT2D eigenvalue weighted by Gasteiger charge is -2.19. The molecule has 0 aliphatic carbocycles. The predicted octanol–water partition coefficient (Wildman–Crippen LogP) is 11.7. The van der Waals surface area contributed by atoms with E-state index in [2.05, 4.69) is 30.3 Å². The molecule has 0 aliphatic rings. The Bertz CT molecular complexity index is 2890. The number of carbonyl (C=O) groups is 5. The van der Waals surface area contributed by atoms with Gasteiger partial charge in [-0.15, -0.1) is 0 Å². The van der Waals surface area contributed by atoms with Crippen molar-refractivity contribution in [2.24, 2.45) is 5.10 Å². The van der Waals surface area contributed by atoms with Crippen LogP contribution in [-0.4, -0.2) is 62.5 Å². The van der Waals surface area contributed by atoms with Crippen molar-refractivity contribution in [3.05, 3.63) is 169 Å². The third kappa shape index (κ3) is 15.5. The van der Waals surface area contributed by atoms with E-state index in [0.717, 1.165) is 74.3 Å². The van der Waals surface area contributed by atoms with Crippen molar-refractivity contribution in [1.82, 2.24) is 0 Å². The van der Waals surface area contributed by atoms with Crippen LogP contribution >= 0.6 is 0 Å². The molecule has 0 amide bonds. The molecule has 6 aromatic rings. The van der Waals surface area contributed by atoms with Gasteiger partial charge >= 0.3 is 29.8 Å². The van der Waals surface area contributed by atoms with Gasteiger partial charge in [0.1, 0.15) is 11.5 Å². The predicted molar refractivity (Wildman–Crippen MR) is 273 cm³/mol. The van der Waals surface area contributed by atoms with E-state index in [-0.39, 0.29) is 44.9 Å². The average molecular weight is 961 g/mol. The number of nitrogens with one attached hydrogen (secondary N) is 1. The second-order valence-electron chi connectivity index (χ2n) is 16.1. The Morgan fingerprint density at radius 1 is 0.535 bits per heavy atom. The fourth-order valence-electron chi connectivity index (χ4n) is 7.05. The fraction of sp³-hybridized carbons (Fsp3) is 0.228. The second kappa shape index (κ2) is 26.9. The number of rotatable bonds is 27. The maximum Gasteiger partial charge on any atom is 0.343 e. The highest BCUT2D eigenvalue weighted by Crippen LogP contribution is 2.46. The van der Waals surface area contributed by atoms with E-state index in [9.17, 15) is 24.0 Å². The van der Waals surface area contributed by atoms with Crippen molar-refractivity contribution in [1.29, 1.82) is 0 Å². The van der Waals surface area contributed by atoms with E-state index in [1.807, 2.05) is 42.5 Å². The van der Waals surface area contributed by atoms with E-state index in [1.165, 1.54) is 13.1 Å². The molecule has 0 radical (unpaired) electrons. The number of hydrazone groups is 1. The molecule has 0 aromatic heterocycles. The summed E-state index contributed by atoms with van der Waals surface area (Å²) in [6.07, 6.45) is 10.1. The zero-order valence-corrected chi connectivity index (χ0v) is 39.7. The highest BCUT2D eigenvalue weighted by molar-refractivity contribution is 6.09. The van der Waals surface area contributed by atoms with Crippen molar-refractivity contribution in [2.75, 3.05) is 31.9 Å². The Labute approximate surface area is 412 Å². The minimum Gasteiger partial charge on any atom is -0.494 e. The highest BCUT2D eigenvalue weighted by Gasteiger charge is 2.28. The topological polar surface area (TPSA) is 174 Å². The van der Waals surface area contributed by atoms with Gasteiger partial charge in [-0.1, -0.05) is 74.3 Å². The first-order valence-corrected chi connectivity index (χ1v) is 23.3. The first-order chi connectivity index (χ1) is 34.5. The summed E-state index contributed by atoms with van der Waals surface area (Å²) in [7, 11) is 0. The third-order valence-corrected chi connectivity index (χ3v) is 10.8. The number of unbranched alkanes of at least 4 members (excludes halogenated alkanes) is 6. The lowest BCUT2D eigenvalue weighted by molar-refractivity contribution is -0.138. The molecule has 0 spiro atoms. The van der Waals surface area contributed by atoms with Crippen molar-refractivity contribution < 1.29 is 57.1 Å². The number of fused-ring (bicyclic) bond motifs is 2. The molecule has 14 nitrogen and oxygen atoms in total. The summed E-state index contributed by atoms with van der Waals surface area (Å²) in [4.78, 5) is 64.0. The van der Waals surface area contributed by atoms with Crippen molar-refractivity contribution in [2.45, 2.75) is 58.3 Å². The molecule has 0 aliphatic heterocycles. The standard InChI is InChI=1S/C57H56N2O12/c1-5-50(60)67-35-17-9-7-15-33-65-45-29-24-41(25-30-45)56(63)69-52-47-21-13-14-22-48(47)53(71-57(64)42-26-31-46(32-27-42)66-34-16-8-10-18-36-68-51(61)6-2)54(70-55(62)39(3)4)49(52)38-58-59-44-28-23-40-19-11-12-20-43(40)37-44/h5-6,11-14,19-32,37-38,59H,1-3,7-10,15-18,33-36H2,4H3/b58-38+. The molecule has 0 unspecified atom stereocenters. The van der Waals surface area contributed by atoms with Gasteiger partial charge in [-0.25, -0.2) is 24.0 Å². The van der Waals surface area contributed by atoms with Gasteiger partial charge in [0.25, 0.3) is 0 Å². The summed E-state index contributed by atoms with van der Waals surface area (Å²) in [5, 5.41) is 7.13. The largest absolute Gasteiger partial charge is 0.494 e. The molecule has 0 saturated carbocycles. The summed E-state index contributed by atoms with van der Waals surface area (Å²) in [5.74, 6) is -2.56. The first-order valence-electron chi connectivity index (χ1n) is 23.3. The van der Waals surface area contributed by atoms with Crippen LogP contribution in [0.3, 0.4) is 0 Å². The van der Waals surface area contributed by atoms with Crippen LogP contribution in [0.5, 0.6) is 28.7 Å². The van der Waals surface area contributed by atoms with Gasteiger partial charge in [0.15, 0.2) is 17.2 Å². The third-order valence-electron chi connectivity index (χ3n) is 10.8. The Balaban J connectivity index is 1.25. The van der Waals surface area contributed by atoms with Crippen LogP contribution in [0.1, 0.15) is 84.6 Å². The van der Waals surface area contributed by atoms with E-state index < -0.39 is 29.8 Å². The molecule has 14 heteroatoms. The summed E-state index contributed by atoms with van der Waals surface area (Å²) in [5.41, 5.74) is 4.07. The SMILES string of the molecule is C=CC(=O)OCCCCCCOc1ccc(C(=O)Oc2c(/C=N/Nc3ccc4ccccc4c3)c(OC(=O)C(=C)C)c(OC(=O)c3ccc(OCCCCCCOC(=O)C=C)cc3)c3ccccc23)cc1. The summed E-state index contributed by atoms with van der Waals surface area (Å²) in [6.45, 7) is 13.6. The van der Waals surface area contributed by atoms with Crippen LogP contribution in [0.4, 0.5) is 5.69 Å². The number of carbonyl (C=O) groups excluding carboxylic acids is 5. The van der Waals surface area contributed by atoms with Gasteiger partial charge in [0, 0.05) is 28.5 Å². The van der Waals surface area contributed by atoms with Crippen LogP contribution in [0.25, 0.3) is 21.5 Å². The van der Waals surface area contributed by atoms with Crippen LogP contribution in [-0.2, 0) is 23.9 Å². The lowest BCUT2D eigenvalue weighted by atomic mass is 10.0. The van der Waals surface area contributed by atoms with E-state index >= 15 is 0 Å². The fourth-order valence-corrected chi connectivity index (χ4v) is 7.05. The highest BCUT2D eigenvalue weighted by atomic mass is 16.6. The van der Waals surface area contributed by atoms with Gasteiger partial charge < -0.3 is 33.2 Å². The van der Waals surface area contributed by atoms with Gasteiger partial charge in [0.05, 0.1) is 55.0 Å². The normalized spacial score (nSPS) is 10.8. The summed E-state index contributed by atoms with van der Waals surface area (Å²) >= 11 is 0. The summed E-state index contributed by atoms with van der Waals surface area (Å²) in [6, 6.07) is 33.2. The molecule has 0 bridgehead atoms. The molecular formula is C57H56N2O12. The van der Waals surface area contributed by atoms with Crippen molar-refractivity contribution in [3.63, 3.8) is 0 Å². The first kappa shape index (κ1) is 51.9. The Hall–Kier alpha value is -8.52. The molecule has 366 valence electrons. The monoisotopic (exact) mass is 960 g/mol. The zero-order chi connectivity index (χ0) is 50.4. The molecule has 6 aromatic carbocycles. The van der Waals surface area contributed by atoms with Gasteiger partial charge in [-0.2, -0.15) is 5.10 Å². The molecule has 6 rings (SSSR count). The maximum atomic E-state index is 14.1. The van der Waals surface area contributed by atoms with Crippen LogP contribution in [0.2, 0.25) is 0 Å². The summed E-state index contributed by atoms with van der Waals surface area (Å²) < 4.78 is 40.2. The smallest absolute Gasteiger partial charge is 0.343 e. The van der Waals surface area contributed by atoms with Crippen molar-refractivity contribution in [3.8, 4) is 28.7 Å². The number of anilines is 1. The molecule has 0 fully saturated rings.